The van der Waals surface area contributed by atoms with Gasteiger partial charge in [0.15, 0.2) is 0 Å². The van der Waals surface area contributed by atoms with E-state index in [1.165, 1.54) is 25.7 Å². The van der Waals surface area contributed by atoms with Gasteiger partial charge in [0.1, 0.15) is 0 Å². The molecule has 0 aromatic carbocycles. The molecule has 0 N–H and O–H groups in total. The Morgan fingerprint density at radius 2 is 0.880 bits per heavy atom. The zero-order valence-corrected chi connectivity index (χ0v) is 17.8. The first kappa shape index (κ1) is 29.2. The van der Waals surface area contributed by atoms with E-state index < -0.39 is 11.9 Å². The van der Waals surface area contributed by atoms with E-state index in [-0.39, 0.29) is 29.9 Å². The van der Waals surface area contributed by atoms with Gasteiger partial charge in [0.05, 0.1) is 0 Å². The van der Waals surface area contributed by atoms with E-state index in [1.54, 1.807) is 0 Å². The zero-order valence-electron chi connectivity index (χ0n) is 16.7. The van der Waals surface area contributed by atoms with Gasteiger partial charge < -0.3 is 19.8 Å². The van der Waals surface area contributed by atoms with Crippen LogP contribution in [0.15, 0.2) is 0 Å². The molecule has 0 heterocycles. The predicted octanol–water partition coefficient (Wildman–Crippen LogP) is 3.46. The number of hydrogen-bond acceptors (Lipinski definition) is 4. The molecule has 0 aromatic heterocycles. The van der Waals surface area contributed by atoms with Crippen LogP contribution in [-0.2, 0) is 26.7 Å². The molecule has 0 aliphatic heterocycles. The summed E-state index contributed by atoms with van der Waals surface area (Å²) in [6.45, 7) is 8.84. The van der Waals surface area contributed by atoms with Crippen molar-refractivity contribution < 1.29 is 36.9 Å². The Bertz CT molecular complexity index is 274. The van der Waals surface area contributed by atoms with Crippen molar-refractivity contribution >= 4 is 11.9 Å². The summed E-state index contributed by atoms with van der Waals surface area (Å²) in [6.07, 6.45) is 11.3. The summed E-state index contributed by atoms with van der Waals surface area (Å²) in [5.41, 5.74) is 0. The molecule has 0 bridgehead atoms. The molecule has 1 radical (unpaired) electrons. The van der Waals surface area contributed by atoms with Gasteiger partial charge in [-0.3, -0.25) is 0 Å². The van der Waals surface area contributed by atoms with Gasteiger partial charge in [-0.1, -0.05) is 79.1 Å². The maximum absolute atomic E-state index is 10.0. The first-order valence-electron chi connectivity index (χ1n) is 9.65. The van der Waals surface area contributed by atoms with Gasteiger partial charge in [-0.05, 0) is 37.5 Å². The van der Waals surface area contributed by atoms with E-state index in [4.69, 9.17) is 0 Å². The fourth-order valence-corrected chi connectivity index (χ4v) is 2.35. The molecule has 0 unspecified atom stereocenters. The summed E-state index contributed by atoms with van der Waals surface area (Å²) in [5, 5.41) is 20.1. The van der Waals surface area contributed by atoms with Crippen molar-refractivity contribution in [2.75, 3.05) is 0 Å². The van der Waals surface area contributed by atoms with Gasteiger partial charge in [0.25, 0.3) is 0 Å². The molecule has 0 saturated heterocycles. The van der Waals surface area contributed by atoms with E-state index in [2.05, 4.69) is 27.7 Å². The molecule has 0 saturated carbocycles. The molecule has 0 amide bonds. The Balaban J connectivity index is -0.000000372. The topological polar surface area (TPSA) is 80.3 Å². The Labute approximate surface area is 165 Å². The van der Waals surface area contributed by atoms with Crippen LogP contribution < -0.4 is 10.2 Å². The summed E-state index contributed by atoms with van der Waals surface area (Å²) < 4.78 is 0. The van der Waals surface area contributed by atoms with Crippen molar-refractivity contribution in [1.82, 2.24) is 0 Å². The van der Waals surface area contributed by atoms with E-state index in [0.29, 0.717) is 0 Å². The number of aliphatic carboxylic acids is 2. The monoisotopic (exact) mass is 397 g/mol. The molecule has 0 fully saturated rings. The zero-order chi connectivity index (χ0) is 18.8. The quantitative estimate of drug-likeness (QED) is 0.332. The number of carboxylic acids is 2. The van der Waals surface area contributed by atoms with Gasteiger partial charge in [-0.15, -0.1) is 0 Å². The largest absolute Gasteiger partial charge is 2.00 e. The first-order valence-corrected chi connectivity index (χ1v) is 9.65. The van der Waals surface area contributed by atoms with Crippen molar-refractivity contribution in [2.45, 2.75) is 105 Å². The molecule has 5 heteroatoms. The van der Waals surface area contributed by atoms with Crippen molar-refractivity contribution in [3.8, 4) is 0 Å². The van der Waals surface area contributed by atoms with Crippen LogP contribution in [0.25, 0.3) is 0 Å². The summed E-state index contributed by atoms with van der Waals surface area (Å²) >= 11 is 0. The molecule has 0 aromatic rings. The molecular formula is C20H38MnO4. The van der Waals surface area contributed by atoms with Gasteiger partial charge in [-0.2, -0.15) is 0 Å². The Kier molecular flexibility index (Phi) is 25.1. The number of hydrogen-bond donors (Lipinski definition) is 0. The third kappa shape index (κ3) is 35.4. The summed E-state index contributed by atoms with van der Waals surface area (Å²) in [7, 11) is 0. The summed E-state index contributed by atoms with van der Waals surface area (Å²) in [6, 6.07) is 0. The van der Waals surface area contributed by atoms with E-state index in [1.807, 2.05) is 0 Å². The van der Waals surface area contributed by atoms with Crippen LogP contribution in [0.3, 0.4) is 0 Å². The van der Waals surface area contributed by atoms with Gasteiger partial charge in [-0.25, -0.2) is 0 Å². The minimum Gasteiger partial charge on any atom is -0.550 e. The summed E-state index contributed by atoms with van der Waals surface area (Å²) in [5.74, 6) is -0.296. The Morgan fingerprint density at radius 3 is 1.12 bits per heavy atom. The number of rotatable bonds is 14. The molecular weight excluding hydrogens is 359 g/mol. The smallest absolute Gasteiger partial charge is 0.550 e. The van der Waals surface area contributed by atoms with E-state index in [9.17, 15) is 19.8 Å². The van der Waals surface area contributed by atoms with Gasteiger partial charge in [0, 0.05) is 11.9 Å². The molecule has 25 heavy (non-hydrogen) atoms. The number of carbonyl (C=O) groups is 2. The maximum atomic E-state index is 10.0. The van der Waals surface area contributed by atoms with Crippen LogP contribution in [0.2, 0.25) is 0 Å². The molecule has 4 nitrogen and oxygen atoms in total. The average molecular weight is 397 g/mol. The third-order valence-corrected chi connectivity index (χ3v) is 3.82. The number of carboxylic acid groups (broad SMARTS) is 2. The fourth-order valence-electron chi connectivity index (χ4n) is 2.35. The number of carbonyl (C=O) groups excluding carboxylic acids is 2. The SMILES string of the molecule is CC(C)CCCCCCC(=O)[O-].CC(C)CCCCCCC(=O)[O-].[Mn+2]. The molecule has 0 aliphatic rings. The summed E-state index contributed by atoms with van der Waals surface area (Å²) in [4.78, 5) is 20.1. The van der Waals surface area contributed by atoms with Crippen LogP contribution in [0, 0.1) is 11.8 Å². The van der Waals surface area contributed by atoms with Crippen LogP contribution >= 0.6 is 0 Å². The van der Waals surface area contributed by atoms with Crippen LogP contribution in [0.4, 0.5) is 0 Å². The molecule has 0 spiro atoms. The fraction of sp³-hybridized carbons (Fsp3) is 0.900. The molecule has 0 rings (SSSR count). The minimum absolute atomic E-state index is 0. The predicted molar refractivity (Wildman–Crippen MR) is 95.1 cm³/mol. The second kappa shape index (κ2) is 21.5. The number of unbranched alkanes of at least 4 members (excludes halogenated alkanes) is 6. The first-order chi connectivity index (χ1) is 11.3. The van der Waals surface area contributed by atoms with Gasteiger partial charge in [0.2, 0.25) is 0 Å². The van der Waals surface area contributed by atoms with E-state index in [0.717, 1.165) is 50.4 Å². The second-order valence-corrected chi connectivity index (χ2v) is 7.44. The van der Waals surface area contributed by atoms with E-state index >= 15 is 0 Å². The standard InChI is InChI=1S/2C10H20O2.Mn/c2*1-9(2)7-5-3-4-6-8-10(11)12;/h2*9H,3-8H2,1-2H3,(H,11,12);/q;;+2/p-2. The van der Waals surface area contributed by atoms with Gasteiger partial charge >= 0.3 is 17.1 Å². The minimum atomic E-state index is -0.918. The third-order valence-electron chi connectivity index (χ3n) is 3.82. The van der Waals surface area contributed by atoms with Crippen molar-refractivity contribution in [2.24, 2.45) is 11.8 Å². The average Bonchev–Trinajstić information content (AvgIpc) is 2.46. The Morgan fingerprint density at radius 1 is 0.600 bits per heavy atom. The normalized spacial score (nSPS) is 10.2. The second-order valence-electron chi connectivity index (χ2n) is 7.44. The van der Waals surface area contributed by atoms with Crippen molar-refractivity contribution in [3.05, 3.63) is 0 Å². The van der Waals surface area contributed by atoms with Crippen molar-refractivity contribution in [1.29, 1.82) is 0 Å². The van der Waals surface area contributed by atoms with Crippen LogP contribution in [-0.4, -0.2) is 11.9 Å². The molecule has 0 atom stereocenters. The van der Waals surface area contributed by atoms with Crippen LogP contribution in [0.5, 0.6) is 0 Å². The van der Waals surface area contributed by atoms with Crippen LogP contribution in [0.1, 0.15) is 105 Å². The molecule has 149 valence electrons. The maximum Gasteiger partial charge on any atom is 2.00 e. The molecule has 0 aliphatic carbocycles. The Hall–Kier alpha value is -0.541. The van der Waals surface area contributed by atoms with Crippen molar-refractivity contribution in [3.63, 3.8) is 0 Å².